The molecular weight excluding hydrogens is 233 g/mol. The number of aliphatic hydroxyl groups excluding tert-OH is 1. The molecule has 0 radical (unpaired) electrons. The van der Waals surface area contributed by atoms with E-state index in [9.17, 15) is 14.3 Å². The third-order valence-corrected chi connectivity index (χ3v) is 3.83. The number of amides is 1. The number of aryl methyl sites for hydroxylation is 1. The first-order valence-corrected chi connectivity index (χ1v) is 6.07. The van der Waals surface area contributed by atoms with Crippen molar-refractivity contribution in [3.8, 4) is 0 Å². The summed E-state index contributed by atoms with van der Waals surface area (Å²) in [5.41, 5.74) is 0.718. The number of nitrogens with one attached hydrogen (secondary N) is 1. The summed E-state index contributed by atoms with van der Waals surface area (Å²) in [6.07, 6.45) is 0.157. The van der Waals surface area contributed by atoms with Gasteiger partial charge in [-0.2, -0.15) is 0 Å². The maximum absolute atomic E-state index is 13.2. The van der Waals surface area contributed by atoms with E-state index in [1.165, 1.54) is 12.1 Å². The zero-order valence-electron chi connectivity index (χ0n) is 10.8. The number of carbonyl (C=O) groups excluding carboxylic acids is 1. The van der Waals surface area contributed by atoms with Crippen LogP contribution in [0.1, 0.15) is 36.2 Å². The highest BCUT2D eigenvalue weighted by atomic mass is 19.1. The SMILES string of the molecule is Cc1cc(F)cc(C(=O)NC2CC(O)C2(C)C)c1. The second-order valence-electron chi connectivity index (χ2n) is 5.62. The lowest BCUT2D eigenvalue weighted by atomic mass is 9.64. The molecule has 1 amide bonds. The number of hydrogen-bond donors (Lipinski definition) is 2. The molecule has 98 valence electrons. The van der Waals surface area contributed by atoms with Crippen LogP contribution in [0.5, 0.6) is 0 Å². The van der Waals surface area contributed by atoms with E-state index >= 15 is 0 Å². The van der Waals surface area contributed by atoms with Crippen LogP contribution < -0.4 is 5.32 Å². The van der Waals surface area contributed by atoms with Crippen molar-refractivity contribution in [3.05, 3.63) is 35.1 Å². The first-order valence-electron chi connectivity index (χ1n) is 6.07. The smallest absolute Gasteiger partial charge is 0.251 e. The molecule has 2 rings (SSSR count). The van der Waals surface area contributed by atoms with Gasteiger partial charge in [0.2, 0.25) is 0 Å². The van der Waals surface area contributed by atoms with E-state index in [-0.39, 0.29) is 17.4 Å². The quantitative estimate of drug-likeness (QED) is 0.845. The molecule has 3 nitrogen and oxygen atoms in total. The summed E-state index contributed by atoms with van der Waals surface area (Å²) in [5, 5.41) is 12.4. The molecule has 1 fully saturated rings. The van der Waals surface area contributed by atoms with Crippen LogP contribution in [0, 0.1) is 18.2 Å². The molecule has 0 spiro atoms. The van der Waals surface area contributed by atoms with Crippen LogP contribution in [0.2, 0.25) is 0 Å². The van der Waals surface area contributed by atoms with Crippen LogP contribution in [0.15, 0.2) is 18.2 Å². The Kier molecular flexibility index (Phi) is 3.15. The molecule has 1 aromatic carbocycles. The van der Waals surface area contributed by atoms with E-state index in [2.05, 4.69) is 5.32 Å². The highest BCUT2D eigenvalue weighted by Gasteiger charge is 2.47. The molecule has 1 aromatic rings. The van der Waals surface area contributed by atoms with Crippen LogP contribution >= 0.6 is 0 Å². The van der Waals surface area contributed by atoms with Gasteiger partial charge in [-0.1, -0.05) is 13.8 Å². The minimum absolute atomic E-state index is 0.0661. The van der Waals surface area contributed by atoms with E-state index in [1.807, 2.05) is 13.8 Å². The van der Waals surface area contributed by atoms with Gasteiger partial charge in [0, 0.05) is 17.0 Å². The number of rotatable bonds is 2. The molecule has 2 atom stereocenters. The fraction of sp³-hybridized carbons (Fsp3) is 0.500. The third-order valence-electron chi connectivity index (χ3n) is 3.83. The average molecular weight is 251 g/mol. The fourth-order valence-corrected chi connectivity index (χ4v) is 2.26. The Bertz CT molecular complexity index is 464. The molecule has 1 saturated carbocycles. The van der Waals surface area contributed by atoms with Crippen molar-refractivity contribution in [1.29, 1.82) is 0 Å². The summed E-state index contributed by atoms with van der Waals surface area (Å²) in [5.74, 6) is -0.698. The van der Waals surface area contributed by atoms with E-state index in [0.717, 1.165) is 0 Å². The molecule has 0 saturated heterocycles. The first-order chi connectivity index (χ1) is 8.30. The van der Waals surface area contributed by atoms with Gasteiger partial charge in [0.25, 0.3) is 5.91 Å². The van der Waals surface area contributed by atoms with Crippen LogP contribution in [0.25, 0.3) is 0 Å². The maximum Gasteiger partial charge on any atom is 0.251 e. The lowest BCUT2D eigenvalue weighted by Gasteiger charge is -2.49. The lowest BCUT2D eigenvalue weighted by Crippen LogP contribution is -2.61. The van der Waals surface area contributed by atoms with Gasteiger partial charge < -0.3 is 10.4 Å². The van der Waals surface area contributed by atoms with Crippen molar-refractivity contribution in [2.75, 3.05) is 0 Å². The Morgan fingerprint density at radius 3 is 2.61 bits per heavy atom. The van der Waals surface area contributed by atoms with Crippen molar-refractivity contribution in [2.45, 2.75) is 39.3 Å². The zero-order valence-corrected chi connectivity index (χ0v) is 10.8. The molecule has 1 aliphatic rings. The summed E-state index contributed by atoms with van der Waals surface area (Å²) >= 11 is 0. The molecule has 18 heavy (non-hydrogen) atoms. The van der Waals surface area contributed by atoms with Crippen molar-refractivity contribution in [3.63, 3.8) is 0 Å². The van der Waals surface area contributed by atoms with Crippen LogP contribution in [-0.4, -0.2) is 23.2 Å². The Labute approximate surface area is 106 Å². The molecule has 2 N–H and O–H groups in total. The number of halogens is 1. The van der Waals surface area contributed by atoms with Crippen molar-refractivity contribution in [1.82, 2.24) is 5.32 Å². The Morgan fingerprint density at radius 1 is 1.44 bits per heavy atom. The molecule has 0 bridgehead atoms. The van der Waals surface area contributed by atoms with Crippen LogP contribution in [-0.2, 0) is 0 Å². The van der Waals surface area contributed by atoms with Crippen LogP contribution in [0.3, 0.4) is 0 Å². The molecule has 1 aliphatic carbocycles. The Morgan fingerprint density at radius 2 is 2.11 bits per heavy atom. The first kappa shape index (κ1) is 13.0. The minimum Gasteiger partial charge on any atom is -0.392 e. The second kappa shape index (κ2) is 4.35. The van der Waals surface area contributed by atoms with Gasteiger partial charge in [0.1, 0.15) is 5.82 Å². The van der Waals surface area contributed by atoms with Gasteiger partial charge in [0.05, 0.1) is 6.10 Å². The molecule has 0 aliphatic heterocycles. The summed E-state index contributed by atoms with van der Waals surface area (Å²) in [6.45, 7) is 5.56. The van der Waals surface area contributed by atoms with Gasteiger partial charge in [-0.15, -0.1) is 0 Å². The predicted octanol–water partition coefficient (Wildman–Crippen LogP) is 2.02. The van der Waals surface area contributed by atoms with Gasteiger partial charge in [-0.3, -0.25) is 4.79 Å². The Hall–Kier alpha value is -1.42. The second-order valence-corrected chi connectivity index (χ2v) is 5.62. The summed E-state index contributed by atoms with van der Waals surface area (Å²) in [6, 6.07) is 4.20. The van der Waals surface area contributed by atoms with E-state index in [0.29, 0.717) is 17.5 Å². The molecule has 0 aromatic heterocycles. The zero-order chi connectivity index (χ0) is 13.5. The molecular formula is C14H18FNO2. The maximum atomic E-state index is 13.2. The number of benzene rings is 1. The summed E-state index contributed by atoms with van der Waals surface area (Å²) in [4.78, 5) is 12.0. The average Bonchev–Trinajstić information content (AvgIpc) is 2.27. The highest BCUT2D eigenvalue weighted by Crippen LogP contribution is 2.40. The summed E-state index contributed by atoms with van der Waals surface area (Å²) < 4.78 is 13.2. The van der Waals surface area contributed by atoms with E-state index in [4.69, 9.17) is 0 Å². The monoisotopic (exact) mass is 251 g/mol. The molecule has 0 heterocycles. The highest BCUT2D eigenvalue weighted by molar-refractivity contribution is 5.94. The fourth-order valence-electron chi connectivity index (χ4n) is 2.26. The van der Waals surface area contributed by atoms with E-state index in [1.54, 1.807) is 13.0 Å². The molecule has 4 heteroatoms. The number of aliphatic hydroxyl groups is 1. The van der Waals surface area contributed by atoms with Crippen LogP contribution in [0.4, 0.5) is 4.39 Å². The van der Waals surface area contributed by atoms with Gasteiger partial charge >= 0.3 is 0 Å². The normalized spacial score (nSPS) is 25.4. The largest absolute Gasteiger partial charge is 0.392 e. The standard InChI is InChI=1S/C14H18FNO2/c1-8-4-9(6-10(15)5-8)13(18)16-11-7-12(17)14(11,2)3/h4-6,11-12,17H,7H2,1-3H3,(H,16,18). The topological polar surface area (TPSA) is 49.3 Å². The van der Waals surface area contributed by atoms with Gasteiger partial charge in [-0.05, 0) is 37.1 Å². The van der Waals surface area contributed by atoms with Crippen molar-refractivity contribution >= 4 is 5.91 Å². The Balaban J connectivity index is 2.09. The lowest BCUT2D eigenvalue weighted by molar-refractivity contribution is -0.0689. The third kappa shape index (κ3) is 2.25. The van der Waals surface area contributed by atoms with Gasteiger partial charge in [-0.25, -0.2) is 4.39 Å². The minimum atomic E-state index is -0.409. The van der Waals surface area contributed by atoms with E-state index < -0.39 is 11.9 Å². The van der Waals surface area contributed by atoms with Crippen molar-refractivity contribution < 1.29 is 14.3 Å². The summed E-state index contributed by atoms with van der Waals surface area (Å²) in [7, 11) is 0. The van der Waals surface area contributed by atoms with Gasteiger partial charge in [0.15, 0.2) is 0 Å². The molecule has 2 unspecified atom stereocenters. The predicted molar refractivity (Wildman–Crippen MR) is 66.8 cm³/mol. The number of hydrogen-bond acceptors (Lipinski definition) is 2. The number of carbonyl (C=O) groups is 1. The van der Waals surface area contributed by atoms with Crippen molar-refractivity contribution in [2.24, 2.45) is 5.41 Å².